The fourth-order valence-corrected chi connectivity index (χ4v) is 2.35. The summed E-state index contributed by atoms with van der Waals surface area (Å²) >= 11 is 9.50. The number of halogens is 2. The quantitative estimate of drug-likeness (QED) is 0.866. The Kier molecular flexibility index (Phi) is 3.87. The van der Waals surface area contributed by atoms with Crippen LogP contribution >= 0.6 is 27.5 Å². The molecule has 0 bridgehead atoms. The van der Waals surface area contributed by atoms with Crippen molar-refractivity contribution < 1.29 is 5.11 Å². The summed E-state index contributed by atoms with van der Waals surface area (Å²) in [6.45, 7) is 1.94. The van der Waals surface area contributed by atoms with E-state index < -0.39 is 6.10 Å². The molecule has 1 nitrogen and oxygen atoms in total. The second-order valence-electron chi connectivity index (χ2n) is 3.93. The lowest BCUT2D eigenvalue weighted by molar-refractivity contribution is 0.219. The summed E-state index contributed by atoms with van der Waals surface area (Å²) in [6, 6.07) is 13.2. The van der Waals surface area contributed by atoms with Crippen LogP contribution in [0.2, 0.25) is 5.02 Å². The molecule has 2 rings (SSSR count). The largest absolute Gasteiger partial charge is 0.384 e. The van der Waals surface area contributed by atoms with Crippen LogP contribution in [0.25, 0.3) is 0 Å². The highest BCUT2D eigenvalue weighted by molar-refractivity contribution is 9.10. The number of benzene rings is 2. The molecule has 0 aliphatic rings. The first-order chi connectivity index (χ1) is 8.09. The molecule has 0 amide bonds. The molecular weight excluding hydrogens is 300 g/mol. The van der Waals surface area contributed by atoms with Crippen molar-refractivity contribution in [2.45, 2.75) is 13.0 Å². The van der Waals surface area contributed by atoms with Crippen molar-refractivity contribution >= 4 is 27.5 Å². The van der Waals surface area contributed by atoms with Gasteiger partial charge in [0.1, 0.15) is 6.10 Å². The second kappa shape index (κ2) is 5.21. The number of rotatable bonds is 2. The maximum Gasteiger partial charge on any atom is 0.105 e. The fraction of sp³-hybridized carbons (Fsp3) is 0.143. The average molecular weight is 312 g/mol. The fourth-order valence-electron chi connectivity index (χ4n) is 1.66. The summed E-state index contributed by atoms with van der Waals surface area (Å²) in [4.78, 5) is 0. The lowest BCUT2D eigenvalue weighted by Gasteiger charge is -2.14. The van der Waals surface area contributed by atoms with Crippen LogP contribution in [0.5, 0.6) is 0 Å². The Bertz CT molecular complexity index is 539. The minimum absolute atomic E-state index is 0.663. The molecule has 2 aromatic rings. The molecule has 1 atom stereocenters. The zero-order valence-corrected chi connectivity index (χ0v) is 11.7. The molecule has 0 fully saturated rings. The topological polar surface area (TPSA) is 20.2 Å². The molecule has 0 spiro atoms. The lowest BCUT2D eigenvalue weighted by Crippen LogP contribution is -2.00. The Morgan fingerprint density at radius 2 is 1.88 bits per heavy atom. The summed E-state index contributed by atoms with van der Waals surface area (Å²) in [5.74, 6) is 0. The normalized spacial score (nSPS) is 12.5. The van der Waals surface area contributed by atoms with Crippen molar-refractivity contribution in [1.29, 1.82) is 0 Å². The molecule has 0 saturated carbocycles. The summed E-state index contributed by atoms with van der Waals surface area (Å²) in [6.07, 6.45) is -0.663. The van der Waals surface area contributed by atoms with Crippen molar-refractivity contribution in [2.24, 2.45) is 0 Å². The molecule has 0 radical (unpaired) electrons. The third-order valence-electron chi connectivity index (χ3n) is 2.71. The maximum absolute atomic E-state index is 10.3. The van der Waals surface area contributed by atoms with E-state index in [9.17, 15) is 5.11 Å². The third kappa shape index (κ3) is 2.71. The SMILES string of the molecule is Cc1ccc([C@@H](O)c2ccccc2Br)cc1Cl. The second-order valence-corrected chi connectivity index (χ2v) is 5.19. The molecule has 0 heterocycles. The molecule has 0 aliphatic heterocycles. The molecule has 3 heteroatoms. The van der Waals surface area contributed by atoms with E-state index in [0.717, 1.165) is 21.2 Å². The summed E-state index contributed by atoms with van der Waals surface area (Å²) in [7, 11) is 0. The molecule has 0 aliphatic carbocycles. The van der Waals surface area contributed by atoms with Gasteiger partial charge in [0.05, 0.1) is 0 Å². The van der Waals surface area contributed by atoms with Crippen LogP contribution in [0.15, 0.2) is 46.9 Å². The Morgan fingerprint density at radius 3 is 2.53 bits per heavy atom. The smallest absolute Gasteiger partial charge is 0.105 e. The van der Waals surface area contributed by atoms with E-state index in [1.165, 1.54) is 0 Å². The van der Waals surface area contributed by atoms with Gasteiger partial charge in [-0.2, -0.15) is 0 Å². The zero-order valence-electron chi connectivity index (χ0n) is 9.32. The van der Waals surface area contributed by atoms with Gasteiger partial charge in [0.15, 0.2) is 0 Å². The Morgan fingerprint density at radius 1 is 1.18 bits per heavy atom. The number of aryl methyl sites for hydroxylation is 1. The summed E-state index contributed by atoms with van der Waals surface area (Å²) in [5.41, 5.74) is 2.65. The van der Waals surface area contributed by atoms with E-state index in [1.807, 2.05) is 43.3 Å². The van der Waals surface area contributed by atoms with Crippen LogP contribution < -0.4 is 0 Å². The standard InChI is InChI=1S/C14H12BrClO/c1-9-6-7-10(8-13(9)16)14(17)11-4-2-3-5-12(11)15/h2-8,14,17H,1H3/t14-/m1/s1. The van der Waals surface area contributed by atoms with Gasteiger partial charge in [0.25, 0.3) is 0 Å². The van der Waals surface area contributed by atoms with Gasteiger partial charge in [0.2, 0.25) is 0 Å². The highest BCUT2D eigenvalue weighted by Gasteiger charge is 2.13. The van der Waals surface area contributed by atoms with Crippen molar-refractivity contribution in [1.82, 2.24) is 0 Å². The highest BCUT2D eigenvalue weighted by Crippen LogP contribution is 2.30. The molecule has 0 aromatic heterocycles. The van der Waals surface area contributed by atoms with E-state index in [2.05, 4.69) is 15.9 Å². The average Bonchev–Trinajstić information content (AvgIpc) is 2.32. The number of hydrogen-bond acceptors (Lipinski definition) is 1. The minimum atomic E-state index is -0.663. The van der Waals surface area contributed by atoms with Crippen molar-refractivity contribution in [3.63, 3.8) is 0 Å². The van der Waals surface area contributed by atoms with Gasteiger partial charge in [-0.1, -0.05) is 57.9 Å². The monoisotopic (exact) mass is 310 g/mol. The van der Waals surface area contributed by atoms with E-state index in [1.54, 1.807) is 6.07 Å². The van der Waals surface area contributed by atoms with Crippen LogP contribution in [-0.2, 0) is 0 Å². The van der Waals surface area contributed by atoms with Gasteiger partial charge >= 0.3 is 0 Å². The summed E-state index contributed by atoms with van der Waals surface area (Å²) < 4.78 is 0.893. The highest BCUT2D eigenvalue weighted by atomic mass is 79.9. The molecule has 0 saturated heterocycles. The van der Waals surface area contributed by atoms with Gasteiger partial charge in [-0.15, -0.1) is 0 Å². The predicted octanol–water partition coefficient (Wildman–Crippen LogP) is 4.49. The first kappa shape index (κ1) is 12.6. The Hall–Kier alpha value is -0.830. The minimum Gasteiger partial charge on any atom is -0.384 e. The van der Waals surface area contributed by atoms with Gasteiger partial charge in [-0.25, -0.2) is 0 Å². The van der Waals surface area contributed by atoms with Crippen molar-refractivity contribution in [2.75, 3.05) is 0 Å². The molecule has 88 valence electrons. The van der Waals surface area contributed by atoms with Crippen molar-refractivity contribution in [3.05, 3.63) is 68.7 Å². The van der Waals surface area contributed by atoms with Crippen LogP contribution in [0.4, 0.5) is 0 Å². The van der Waals surface area contributed by atoms with E-state index in [0.29, 0.717) is 5.02 Å². The zero-order chi connectivity index (χ0) is 12.4. The van der Waals surface area contributed by atoms with Crippen LogP contribution in [-0.4, -0.2) is 5.11 Å². The van der Waals surface area contributed by atoms with Gasteiger partial charge in [0, 0.05) is 9.50 Å². The molecule has 2 aromatic carbocycles. The molecular formula is C14H12BrClO. The molecule has 17 heavy (non-hydrogen) atoms. The van der Waals surface area contributed by atoms with E-state index >= 15 is 0 Å². The van der Waals surface area contributed by atoms with Gasteiger partial charge in [-0.3, -0.25) is 0 Å². The Labute approximate surface area is 114 Å². The number of aliphatic hydroxyl groups excluding tert-OH is 1. The van der Waals surface area contributed by atoms with Crippen LogP contribution in [0, 0.1) is 6.92 Å². The summed E-state index contributed by atoms with van der Waals surface area (Å²) in [5, 5.41) is 11.0. The van der Waals surface area contributed by atoms with E-state index in [4.69, 9.17) is 11.6 Å². The Balaban J connectivity index is 2.40. The predicted molar refractivity (Wildman–Crippen MR) is 74.4 cm³/mol. The number of aliphatic hydroxyl groups is 1. The van der Waals surface area contributed by atoms with Crippen molar-refractivity contribution in [3.8, 4) is 0 Å². The molecule has 0 unspecified atom stereocenters. The lowest BCUT2D eigenvalue weighted by atomic mass is 10.0. The van der Waals surface area contributed by atoms with Crippen LogP contribution in [0.3, 0.4) is 0 Å². The van der Waals surface area contributed by atoms with E-state index in [-0.39, 0.29) is 0 Å². The van der Waals surface area contributed by atoms with Gasteiger partial charge in [-0.05, 0) is 35.7 Å². The van der Waals surface area contributed by atoms with Crippen LogP contribution in [0.1, 0.15) is 22.8 Å². The third-order valence-corrected chi connectivity index (χ3v) is 3.84. The molecule has 1 N–H and O–H groups in total. The number of hydrogen-bond donors (Lipinski definition) is 1. The first-order valence-electron chi connectivity index (χ1n) is 5.28. The first-order valence-corrected chi connectivity index (χ1v) is 6.45. The van der Waals surface area contributed by atoms with Gasteiger partial charge < -0.3 is 5.11 Å². The maximum atomic E-state index is 10.3.